The molecule has 0 spiro atoms. The molecule has 0 amide bonds. The highest BCUT2D eigenvalue weighted by Gasteiger charge is 2.10. The van der Waals surface area contributed by atoms with Crippen molar-refractivity contribution in [2.75, 3.05) is 5.32 Å². The summed E-state index contributed by atoms with van der Waals surface area (Å²) in [5.41, 5.74) is 1.25. The fourth-order valence-electron chi connectivity index (χ4n) is 1.46. The average molecular weight is 261 g/mol. The van der Waals surface area contributed by atoms with Crippen LogP contribution in [0.25, 0.3) is 11.3 Å². The van der Waals surface area contributed by atoms with Crippen molar-refractivity contribution in [1.29, 1.82) is 0 Å². The summed E-state index contributed by atoms with van der Waals surface area (Å²) in [5, 5.41) is 13.3. The highest BCUT2D eigenvalue weighted by Crippen LogP contribution is 2.23. The molecule has 1 atom stereocenters. The first kappa shape index (κ1) is 12.7. The maximum absolute atomic E-state index is 10.5. The Labute approximate surface area is 108 Å². The van der Waals surface area contributed by atoms with Crippen LogP contribution in [0.15, 0.2) is 34.9 Å². The van der Waals surface area contributed by atoms with Crippen molar-refractivity contribution in [3.05, 3.63) is 40.6 Å². The van der Waals surface area contributed by atoms with Gasteiger partial charge in [-0.1, -0.05) is 0 Å². The van der Waals surface area contributed by atoms with Crippen LogP contribution in [-0.2, 0) is 4.79 Å². The highest BCUT2D eigenvalue weighted by atomic mass is 16.6. The van der Waals surface area contributed by atoms with Crippen LogP contribution in [0.4, 0.5) is 11.7 Å². The molecule has 1 N–H and O–H groups in total. The minimum atomic E-state index is -0.467. The molecule has 1 aromatic carbocycles. The van der Waals surface area contributed by atoms with Crippen LogP contribution >= 0.6 is 0 Å². The Bertz CT molecular complexity index is 591. The van der Waals surface area contributed by atoms with Crippen LogP contribution in [-0.4, -0.2) is 22.2 Å². The van der Waals surface area contributed by atoms with Gasteiger partial charge in [-0.15, -0.1) is 0 Å². The molecule has 0 saturated carbocycles. The number of aromatic nitrogens is 1. The number of hydrogen-bond donors (Lipinski definition) is 1. The van der Waals surface area contributed by atoms with E-state index in [1.807, 2.05) is 0 Å². The van der Waals surface area contributed by atoms with Gasteiger partial charge in [0.25, 0.3) is 11.7 Å². The lowest BCUT2D eigenvalue weighted by molar-refractivity contribution is -0.384. The molecule has 0 radical (unpaired) electrons. The van der Waals surface area contributed by atoms with Gasteiger partial charge in [0.15, 0.2) is 0 Å². The van der Waals surface area contributed by atoms with Gasteiger partial charge in [-0.2, -0.15) is 4.98 Å². The number of anilines is 1. The molecule has 0 fully saturated rings. The van der Waals surface area contributed by atoms with Gasteiger partial charge >= 0.3 is 0 Å². The lowest BCUT2D eigenvalue weighted by atomic mass is 10.1. The van der Waals surface area contributed by atoms with E-state index in [1.165, 1.54) is 18.4 Å². The van der Waals surface area contributed by atoms with E-state index in [9.17, 15) is 14.9 Å². The summed E-state index contributed by atoms with van der Waals surface area (Å²) in [6.07, 6.45) is 2.15. The van der Waals surface area contributed by atoms with E-state index in [4.69, 9.17) is 4.42 Å². The quantitative estimate of drug-likeness (QED) is 0.503. The predicted molar refractivity (Wildman–Crippen MR) is 67.7 cm³/mol. The number of oxazole rings is 1. The van der Waals surface area contributed by atoms with Gasteiger partial charge < -0.3 is 14.5 Å². The fraction of sp³-hybridized carbons (Fsp3) is 0.167. The van der Waals surface area contributed by atoms with E-state index in [-0.39, 0.29) is 11.7 Å². The molecule has 0 aliphatic heterocycles. The summed E-state index contributed by atoms with van der Waals surface area (Å²) >= 11 is 0. The number of nitro benzene ring substituents is 1. The standard InChI is InChI=1S/C12H11N3O4/c1-8(6-16)13-12-14-11(7-19-12)9-2-4-10(5-3-9)15(17)18/h2-8H,1H3,(H,13,14)/t8-/m1/s1. The van der Waals surface area contributed by atoms with Crippen LogP contribution in [0.2, 0.25) is 0 Å². The zero-order valence-electron chi connectivity index (χ0n) is 10.1. The maximum atomic E-state index is 10.5. The molecule has 0 unspecified atom stereocenters. The lowest BCUT2D eigenvalue weighted by Crippen LogP contribution is -2.16. The van der Waals surface area contributed by atoms with Crippen LogP contribution in [0.3, 0.4) is 0 Å². The number of carbonyl (C=O) groups excluding carboxylic acids is 1. The predicted octanol–water partition coefficient (Wildman–Crippen LogP) is 2.25. The van der Waals surface area contributed by atoms with Gasteiger partial charge in [0, 0.05) is 17.7 Å². The second kappa shape index (κ2) is 5.30. The van der Waals surface area contributed by atoms with Gasteiger partial charge in [-0.25, -0.2) is 0 Å². The molecular formula is C12H11N3O4. The molecule has 7 nitrogen and oxygen atoms in total. The minimum Gasteiger partial charge on any atom is -0.432 e. The number of nitrogens with zero attached hydrogens (tertiary/aromatic N) is 2. The monoisotopic (exact) mass is 261 g/mol. The molecule has 0 aliphatic rings. The normalized spacial score (nSPS) is 11.8. The van der Waals surface area contributed by atoms with Crippen molar-refractivity contribution in [3.63, 3.8) is 0 Å². The van der Waals surface area contributed by atoms with Crippen molar-refractivity contribution in [2.45, 2.75) is 13.0 Å². The smallest absolute Gasteiger partial charge is 0.295 e. The summed E-state index contributed by atoms with van der Waals surface area (Å²) in [6, 6.07) is 5.79. The minimum absolute atomic E-state index is 0.0140. The van der Waals surface area contributed by atoms with Gasteiger partial charge in [0.05, 0.1) is 11.0 Å². The first-order valence-corrected chi connectivity index (χ1v) is 5.52. The molecule has 7 heteroatoms. The Hall–Kier alpha value is -2.70. The van der Waals surface area contributed by atoms with Crippen molar-refractivity contribution in [2.24, 2.45) is 0 Å². The molecule has 1 aromatic heterocycles. The van der Waals surface area contributed by atoms with E-state index in [1.54, 1.807) is 19.1 Å². The van der Waals surface area contributed by atoms with E-state index in [0.717, 1.165) is 6.29 Å². The van der Waals surface area contributed by atoms with Crippen molar-refractivity contribution in [3.8, 4) is 11.3 Å². The van der Waals surface area contributed by atoms with Crippen LogP contribution in [0.1, 0.15) is 6.92 Å². The van der Waals surface area contributed by atoms with Gasteiger partial charge in [-0.05, 0) is 19.1 Å². The molecule has 1 heterocycles. The number of hydrogen-bond acceptors (Lipinski definition) is 6. The van der Waals surface area contributed by atoms with Crippen LogP contribution in [0.5, 0.6) is 0 Å². The summed E-state index contributed by atoms with van der Waals surface area (Å²) in [5.74, 6) is 0. The molecule has 0 aliphatic carbocycles. The van der Waals surface area contributed by atoms with Gasteiger partial charge in [-0.3, -0.25) is 10.1 Å². The first-order valence-electron chi connectivity index (χ1n) is 5.52. The number of benzene rings is 1. The third-order valence-corrected chi connectivity index (χ3v) is 2.43. The van der Waals surface area contributed by atoms with Crippen molar-refractivity contribution in [1.82, 2.24) is 4.98 Å². The summed E-state index contributed by atoms with van der Waals surface area (Å²) in [6.45, 7) is 1.67. The Morgan fingerprint density at radius 3 is 2.68 bits per heavy atom. The van der Waals surface area contributed by atoms with Crippen LogP contribution in [0, 0.1) is 10.1 Å². The Morgan fingerprint density at radius 1 is 1.42 bits per heavy atom. The number of nitrogens with one attached hydrogen (secondary N) is 1. The van der Waals surface area contributed by atoms with Gasteiger partial charge in [0.2, 0.25) is 0 Å². The SMILES string of the molecule is C[C@H](C=O)Nc1nc(-c2ccc([N+](=O)[O-])cc2)co1. The maximum Gasteiger partial charge on any atom is 0.295 e. The summed E-state index contributed by atoms with van der Waals surface area (Å²) < 4.78 is 5.15. The Kier molecular flexibility index (Phi) is 3.56. The van der Waals surface area contributed by atoms with E-state index in [2.05, 4.69) is 10.3 Å². The molecule has 0 saturated heterocycles. The van der Waals surface area contributed by atoms with Crippen LogP contribution < -0.4 is 5.32 Å². The first-order chi connectivity index (χ1) is 9.10. The molecular weight excluding hydrogens is 250 g/mol. The number of rotatable bonds is 5. The Balaban J connectivity index is 2.18. The summed E-state index contributed by atoms with van der Waals surface area (Å²) in [4.78, 5) is 24.7. The zero-order chi connectivity index (χ0) is 13.8. The number of non-ortho nitro benzene ring substituents is 1. The molecule has 2 rings (SSSR count). The van der Waals surface area contributed by atoms with E-state index >= 15 is 0 Å². The molecule has 0 bridgehead atoms. The molecule has 19 heavy (non-hydrogen) atoms. The zero-order valence-corrected chi connectivity index (χ0v) is 10.1. The second-order valence-corrected chi connectivity index (χ2v) is 3.91. The third kappa shape index (κ3) is 2.95. The lowest BCUT2D eigenvalue weighted by Gasteiger charge is -2.01. The van der Waals surface area contributed by atoms with Crippen molar-refractivity contribution >= 4 is 18.0 Å². The van der Waals surface area contributed by atoms with Gasteiger partial charge in [0.1, 0.15) is 18.2 Å². The van der Waals surface area contributed by atoms with E-state index < -0.39 is 11.0 Å². The number of nitro groups is 1. The molecule has 2 aromatic rings. The second-order valence-electron chi connectivity index (χ2n) is 3.91. The number of carbonyl (C=O) groups is 1. The Morgan fingerprint density at radius 2 is 2.11 bits per heavy atom. The topological polar surface area (TPSA) is 98.3 Å². The third-order valence-electron chi connectivity index (χ3n) is 2.43. The number of aldehydes is 1. The largest absolute Gasteiger partial charge is 0.432 e. The van der Waals surface area contributed by atoms with E-state index in [0.29, 0.717) is 11.3 Å². The summed E-state index contributed by atoms with van der Waals surface area (Å²) in [7, 11) is 0. The van der Waals surface area contributed by atoms with Crippen molar-refractivity contribution < 1.29 is 14.1 Å². The fourth-order valence-corrected chi connectivity index (χ4v) is 1.46. The average Bonchev–Trinajstić information content (AvgIpc) is 2.87. The highest BCUT2D eigenvalue weighted by molar-refractivity contribution is 5.64. The molecule has 98 valence electrons.